The van der Waals surface area contributed by atoms with Crippen LogP contribution in [0.3, 0.4) is 0 Å². The van der Waals surface area contributed by atoms with Crippen LogP contribution < -0.4 is 9.62 Å². The average Bonchev–Trinajstić information content (AvgIpc) is 2.77. The molecule has 0 saturated carbocycles. The number of amides is 2. The summed E-state index contributed by atoms with van der Waals surface area (Å²) in [5.74, 6) is -1.61. The van der Waals surface area contributed by atoms with Gasteiger partial charge in [-0.05, 0) is 44.0 Å². The minimum absolute atomic E-state index is 0.192. The lowest BCUT2D eigenvalue weighted by Gasteiger charge is -2.33. The number of hydrogen-bond donors (Lipinski definition) is 1. The van der Waals surface area contributed by atoms with Crippen molar-refractivity contribution in [3.63, 3.8) is 0 Å². The molecule has 1 atom stereocenters. The molecule has 1 N–H and O–H groups in total. The Labute approximate surface area is 195 Å². The summed E-state index contributed by atoms with van der Waals surface area (Å²) >= 11 is 0. The van der Waals surface area contributed by atoms with Gasteiger partial charge < -0.3 is 10.2 Å². The van der Waals surface area contributed by atoms with Crippen molar-refractivity contribution >= 4 is 27.7 Å². The summed E-state index contributed by atoms with van der Waals surface area (Å²) in [6, 6.07) is 10.3. The molecule has 33 heavy (non-hydrogen) atoms. The Morgan fingerprint density at radius 1 is 1.09 bits per heavy atom. The van der Waals surface area contributed by atoms with E-state index in [2.05, 4.69) is 5.32 Å². The maximum atomic E-state index is 14.3. The van der Waals surface area contributed by atoms with E-state index in [0.717, 1.165) is 14.2 Å². The molecule has 8 nitrogen and oxygen atoms in total. The molecule has 0 aliphatic carbocycles. The number of halogens is 1. The first kappa shape index (κ1) is 26.3. The lowest BCUT2D eigenvalue weighted by atomic mass is 10.1. The number of rotatable bonds is 9. The van der Waals surface area contributed by atoms with E-state index in [4.69, 9.17) is 0 Å². The number of carbonyl (C=O) groups is 2. The van der Waals surface area contributed by atoms with Gasteiger partial charge in [0.15, 0.2) is 0 Å². The van der Waals surface area contributed by atoms with Crippen LogP contribution in [0, 0.1) is 19.7 Å². The van der Waals surface area contributed by atoms with Crippen LogP contribution in [0.2, 0.25) is 0 Å². The first-order valence-electron chi connectivity index (χ1n) is 10.4. The molecule has 2 aromatic carbocycles. The van der Waals surface area contributed by atoms with Crippen molar-refractivity contribution in [2.45, 2.75) is 33.4 Å². The zero-order chi connectivity index (χ0) is 24.9. The number of carbonyl (C=O) groups excluding carboxylic acids is 2. The molecule has 0 aliphatic rings. The van der Waals surface area contributed by atoms with Crippen LogP contribution in [0.5, 0.6) is 0 Å². The Morgan fingerprint density at radius 3 is 2.30 bits per heavy atom. The molecular formula is C23H31FN4O4S. The van der Waals surface area contributed by atoms with Crippen LogP contribution >= 0.6 is 0 Å². The highest BCUT2D eigenvalue weighted by molar-refractivity contribution is 7.90. The van der Waals surface area contributed by atoms with E-state index in [0.29, 0.717) is 11.3 Å². The normalized spacial score (nSPS) is 12.4. The molecule has 2 rings (SSSR count). The second-order valence-corrected chi connectivity index (χ2v) is 10.1. The Morgan fingerprint density at radius 2 is 1.73 bits per heavy atom. The van der Waals surface area contributed by atoms with E-state index in [9.17, 15) is 22.4 Å². The molecule has 0 fully saturated rings. The number of nitrogens with one attached hydrogen (secondary N) is 1. The molecule has 1 unspecified atom stereocenters. The zero-order valence-electron chi connectivity index (χ0n) is 19.8. The molecule has 0 saturated heterocycles. The Bertz CT molecular complexity index is 1120. The molecule has 0 radical (unpaired) electrons. The number of aryl methyl sites for hydroxylation is 2. The third kappa shape index (κ3) is 6.08. The Balaban J connectivity index is 2.52. The highest BCUT2D eigenvalue weighted by Gasteiger charge is 2.33. The van der Waals surface area contributed by atoms with Crippen LogP contribution in [0.15, 0.2) is 42.5 Å². The maximum absolute atomic E-state index is 14.3. The van der Waals surface area contributed by atoms with Crippen LogP contribution in [0.25, 0.3) is 0 Å². The summed E-state index contributed by atoms with van der Waals surface area (Å²) in [5.41, 5.74) is 2.06. The van der Waals surface area contributed by atoms with Gasteiger partial charge in [0.2, 0.25) is 11.8 Å². The van der Waals surface area contributed by atoms with Gasteiger partial charge in [-0.3, -0.25) is 9.59 Å². The van der Waals surface area contributed by atoms with Gasteiger partial charge in [-0.2, -0.15) is 12.7 Å². The predicted molar refractivity (Wildman–Crippen MR) is 126 cm³/mol. The fraction of sp³-hybridized carbons (Fsp3) is 0.391. The summed E-state index contributed by atoms with van der Waals surface area (Å²) in [4.78, 5) is 27.0. The van der Waals surface area contributed by atoms with Gasteiger partial charge >= 0.3 is 10.2 Å². The van der Waals surface area contributed by atoms with Crippen LogP contribution in [-0.4, -0.2) is 63.2 Å². The van der Waals surface area contributed by atoms with Crippen molar-refractivity contribution in [2.75, 3.05) is 32.0 Å². The lowest BCUT2D eigenvalue weighted by molar-refractivity contribution is -0.139. The smallest absolute Gasteiger partial charge is 0.304 e. The highest BCUT2D eigenvalue weighted by atomic mass is 32.2. The average molecular weight is 479 g/mol. The van der Waals surface area contributed by atoms with Gasteiger partial charge in [0.1, 0.15) is 18.4 Å². The molecule has 2 aromatic rings. The minimum Gasteiger partial charge on any atom is -0.357 e. The summed E-state index contributed by atoms with van der Waals surface area (Å²) in [5, 5.41) is 2.48. The van der Waals surface area contributed by atoms with Gasteiger partial charge in [-0.15, -0.1) is 0 Å². The molecule has 10 heteroatoms. The van der Waals surface area contributed by atoms with Crippen molar-refractivity contribution in [2.24, 2.45) is 0 Å². The monoisotopic (exact) mass is 478 g/mol. The van der Waals surface area contributed by atoms with Gasteiger partial charge in [0, 0.05) is 33.3 Å². The first-order chi connectivity index (χ1) is 15.4. The van der Waals surface area contributed by atoms with E-state index in [-0.39, 0.29) is 12.1 Å². The lowest BCUT2D eigenvalue weighted by Crippen LogP contribution is -2.52. The van der Waals surface area contributed by atoms with Crippen molar-refractivity contribution in [3.05, 3.63) is 65.0 Å². The van der Waals surface area contributed by atoms with Crippen molar-refractivity contribution in [3.8, 4) is 0 Å². The number of likely N-dealkylation sites (N-methyl/N-ethyl adjacent to an activating group) is 1. The van der Waals surface area contributed by atoms with Gasteiger partial charge in [0.25, 0.3) is 0 Å². The van der Waals surface area contributed by atoms with E-state index >= 15 is 0 Å². The van der Waals surface area contributed by atoms with E-state index in [1.54, 1.807) is 25.1 Å². The van der Waals surface area contributed by atoms with Crippen molar-refractivity contribution in [1.82, 2.24) is 14.5 Å². The summed E-state index contributed by atoms with van der Waals surface area (Å²) < 4.78 is 42.7. The van der Waals surface area contributed by atoms with Crippen LogP contribution in [-0.2, 0) is 26.3 Å². The quantitative estimate of drug-likeness (QED) is 0.599. The van der Waals surface area contributed by atoms with Gasteiger partial charge in [-0.25, -0.2) is 8.70 Å². The van der Waals surface area contributed by atoms with Crippen LogP contribution in [0.1, 0.15) is 23.6 Å². The highest BCUT2D eigenvalue weighted by Crippen LogP contribution is 2.26. The second-order valence-electron chi connectivity index (χ2n) is 7.99. The molecule has 0 aliphatic heterocycles. The van der Waals surface area contributed by atoms with E-state index in [1.165, 1.54) is 51.2 Å². The molecule has 0 spiro atoms. The number of nitrogens with zero attached hydrogens (tertiary/aromatic N) is 3. The van der Waals surface area contributed by atoms with Gasteiger partial charge in [-0.1, -0.05) is 30.3 Å². The number of benzene rings is 2. The third-order valence-corrected chi connectivity index (χ3v) is 7.17. The molecule has 2 amide bonds. The van der Waals surface area contributed by atoms with E-state index < -0.39 is 40.4 Å². The number of hydrogen-bond acceptors (Lipinski definition) is 4. The fourth-order valence-corrected chi connectivity index (χ4v) is 4.40. The van der Waals surface area contributed by atoms with Crippen LogP contribution in [0.4, 0.5) is 10.1 Å². The second kappa shape index (κ2) is 10.8. The van der Waals surface area contributed by atoms with Crippen molar-refractivity contribution < 1.29 is 22.4 Å². The molecule has 0 aromatic heterocycles. The first-order valence-corrected chi connectivity index (χ1v) is 11.8. The molecule has 0 bridgehead atoms. The summed E-state index contributed by atoms with van der Waals surface area (Å²) in [7, 11) is 0.141. The standard InChI is InChI=1S/C23H31FN4O4S/c1-16-11-12-17(2)21(13-16)28(33(31,32)26(5)6)15-22(29)27(18(3)23(30)25-4)14-19-9-7-8-10-20(19)24/h7-13,18H,14-15H2,1-6H3,(H,25,30). The van der Waals surface area contributed by atoms with Crippen molar-refractivity contribution in [1.29, 1.82) is 0 Å². The Hall–Kier alpha value is -2.98. The predicted octanol–water partition coefficient (Wildman–Crippen LogP) is 2.22. The Kier molecular flexibility index (Phi) is 8.57. The largest absolute Gasteiger partial charge is 0.357 e. The number of anilines is 1. The van der Waals surface area contributed by atoms with E-state index in [1.807, 2.05) is 13.0 Å². The zero-order valence-corrected chi connectivity index (χ0v) is 20.6. The third-order valence-electron chi connectivity index (χ3n) is 5.36. The summed E-state index contributed by atoms with van der Waals surface area (Å²) in [6.07, 6.45) is 0. The maximum Gasteiger partial charge on any atom is 0.304 e. The summed E-state index contributed by atoms with van der Waals surface area (Å²) in [6.45, 7) is 4.34. The molecule has 0 heterocycles. The fourth-order valence-electron chi connectivity index (χ4n) is 3.29. The van der Waals surface area contributed by atoms with Gasteiger partial charge in [0.05, 0.1) is 5.69 Å². The minimum atomic E-state index is -4.05. The molecular weight excluding hydrogens is 447 g/mol. The molecule has 180 valence electrons. The SMILES string of the molecule is CNC(=O)C(C)N(Cc1ccccc1F)C(=O)CN(c1cc(C)ccc1C)S(=O)(=O)N(C)C. The topological polar surface area (TPSA) is 90.0 Å².